The molecule has 0 spiro atoms. The molecule has 0 heterocycles. The molecule has 2 rings (SSSR count). The van der Waals surface area contributed by atoms with Crippen LogP contribution in [-0.4, -0.2) is 67.2 Å². The highest BCUT2D eigenvalue weighted by molar-refractivity contribution is 8.76. The van der Waals surface area contributed by atoms with Gasteiger partial charge in [-0.05, 0) is 61.5 Å². The third-order valence-electron chi connectivity index (χ3n) is 6.52. The second-order valence-electron chi connectivity index (χ2n) is 9.85. The predicted molar refractivity (Wildman–Crippen MR) is 181 cm³/mol. The summed E-state index contributed by atoms with van der Waals surface area (Å²) in [6.45, 7) is 4.23. The summed E-state index contributed by atoms with van der Waals surface area (Å²) < 4.78 is 0. The minimum atomic E-state index is -0.992. The number of Topliss-reactive ketones (excluding diaryl/α,β-unsaturated/α-hetero) is 2. The molecule has 0 saturated heterocycles. The molecule has 2 N–H and O–H groups in total. The van der Waals surface area contributed by atoms with Crippen molar-refractivity contribution in [3.8, 4) is 0 Å². The maximum absolute atomic E-state index is 13.0. The summed E-state index contributed by atoms with van der Waals surface area (Å²) in [4.78, 5) is 48.3. The van der Waals surface area contributed by atoms with Crippen molar-refractivity contribution in [3.05, 3.63) is 70.8 Å². The minimum Gasteiger partial charge on any atom is -0.478 e. The molecule has 0 fully saturated rings. The maximum atomic E-state index is 13.0. The van der Waals surface area contributed by atoms with E-state index in [1.54, 1.807) is 47.8 Å². The summed E-state index contributed by atoms with van der Waals surface area (Å²) in [5.41, 5.74) is 1.52. The van der Waals surface area contributed by atoms with Gasteiger partial charge < -0.3 is 10.2 Å². The fourth-order valence-electron chi connectivity index (χ4n) is 4.09. The average Bonchev–Trinajstić information content (AvgIpc) is 3.00. The van der Waals surface area contributed by atoms with Crippen molar-refractivity contribution in [2.75, 3.05) is 23.0 Å². The van der Waals surface area contributed by atoms with Crippen molar-refractivity contribution in [1.82, 2.24) is 0 Å². The lowest BCUT2D eigenvalue weighted by Gasteiger charge is -2.16. The number of carboxylic acid groups (broad SMARTS) is 2. The lowest BCUT2D eigenvalue weighted by Crippen LogP contribution is -2.18. The van der Waals surface area contributed by atoms with E-state index in [4.69, 9.17) is 10.2 Å². The Morgan fingerprint density at radius 2 is 0.881 bits per heavy atom. The Labute approximate surface area is 266 Å². The number of unbranched alkanes of at least 4 members (excludes halogenated alkanes) is 2. The lowest BCUT2D eigenvalue weighted by molar-refractivity contribution is 0.0686. The third kappa shape index (κ3) is 13.2. The van der Waals surface area contributed by atoms with Crippen molar-refractivity contribution in [1.29, 1.82) is 0 Å². The zero-order chi connectivity index (χ0) is 30.7. The first kappa shape index (κ1) is 36.3. The quantitative estimate of drug-likeness (QED) is 0.0687. The SMILES string of the molecule is CCCCC(SCCCSSCCCSC(CCCC)C(=O)c1ccc(C(=O)O)cc1)C(=O)c1ccc(C(=O)O)cc1. The van der Waals surface area contributed by atoms with Gasteiger partial charge in [0.2, 0.25) is 0 Å². The molecule has 0 aliphatic heterocycles. The number of thioether (sulfide) groups is 2. The van der Waals surface area contributed by atoms with Crippen molar-refractivity contribution in [2.45, 2.75) is 75.7 Å². The van der Waals surface area contributed by atoms with Crippen LogP contribution < -0.4 is 0 Å². The first-order chi connectivity index (χ1) is 20.3. The molecule has 6 nitrogen and oxygen atoms in total. The summed E-state index contributed by atoms with van der Waals surface area (Å²) in [6, 6.07) is 12.5. The monoisotopic (exact) mass is 650 g/mol. The highest BCUT2D eigenvalue weighted by atomic mass is 33.1. The second kappa shape index (κ2) is 20.9. The number of carboxylic acids is 2. The highest BCUT2D eigenvalue weighted by Gasteiger charge is 2.21. The zero-order valence-electron chi connectivity index (χ0n) is 24.4. The van der Waals surface area contributed by atoms with E-state index in [1.807, 2.05) is 21.6 Å². The van der Waals surface area contributed by atoms with Gasteiger partial charge in [-0.2, -0.15) is 23.5 Å². The number of carbonyl (C=O) groups is 4. The van der Waals surface area contributed by atoms with Crippen LogP contribution in [0.5, 0.6) is 0 Å². The molecule has 2 aromatic carbocycles. The molecule has 0 aliphatic rings. The van der Waals surface area contributed by atoms with E-state index in [1.165, 1.54) is 24.3 Å². The Morgan fingerprint density at radius 3 is 1.19 bits per heavy atom. The molecule has 0 bridgehead atoms. The number of rotatable bonds is 23. The number of aromatic carboxylic acids is 2. The number of hydrogen-bond donors (Lipinski definition) is 2. The molecular weight excluding hydrogens is 609 g/mol. The van der Waals surface area contributed by atoms with Crippen molar-refractivity contribution < 1.29 is 29.4 Å². The largest absolute Gasteiger partial charge is 0.478 e. The zero-order valence-corrected chi connectivity index (χ0v) is 27.7. The Morgan fingerprint density at radius 1 is 0.548 bits per heavy atom. The minimum absolute atomic E-state index is 0.0814. The average molecular weight is 651 g/mol. The maximum Gasteiger partial charge on any atom is 0.335 e. The van der Waals surface area contributed by atoms with Gasteiger partial charge in [-0.15, -0.1) is 0 Å². The van der Waals surface area contributed by atoms with Gasteiger partial charge in [-0.25, -0.2) is 9.59 Å². The van der Waals surface area contributed by atoms with Gasteiger partial charge in [0, 0.05) is 22.6 Å². The van der Waals surface area contributed by atoms with Gasteiger partial charge in [0.25, 0.3) is 0 Å². The van der Waals surface area contributed by atoms with Crippen LogP contribution in [0.15, 0.2) is 48.5 Å². The van der Waals surface area contributed by atoms with Crippen molar-refractivity contribution in [2.24, 2.45) is 0 Å². The summed E-state index contributed by atoms with van der Waals surface area (Å²) >= 11 is 3.41. The van der Waals surface area contributed by atoms with Crippen LogP contribution in [0, 0.1) is 0 Å². The van der Waals surface area contributed by atoms with Gasteiger partial charge in [-0.3, -0.25) is 9.59 Å². The molecule has 10 heteroatoms. The number of hydrogen-bond acceptors (Lipinski definition) is 8. The molecule has 0 radical (unpaired) electrons. The van der Waals surface area contributed by atoms with Crippen LogP contribution in [0.1, 0.15) is 107 Å². The van der Waals surface area contributed by atoms with Gasteiger partial charge in [0.05, 0.1) is 21.6 Å². The van der Waals surface area contributed by atoms with E-state index in [0.29, 0.717) is 11.1 Å². The fraction of sp³-hybridized carbons (Fsp3) is 0.500. The van der Waals surface area contributed by atoms with Crippen LogP contribution in [0.2, 0.25) is 0 Å². The smallest absolute Gasteiger partial charge is 0.335 e. The van der Waals surface area contributed by atoms with Gasteiger partial charge in [0.1, 0.15) is 0 Å². The van der Waals surface area contributed by atoms with Gasteiger partial charge in [-0.1, -0.05) is 85.4 Å². The molecule has 0 aliphatic carbocycles. The highest BCUT2D eigenvalue weighted by Crippen LogP contribution is 2.28. The molecule has 42 heavy (non-hydrogen) atoms. The summed E-state index contributed by atoms with van der Waals surface area (Å²) in [5, 5.41) is 18.0. The fourth-order valence-corrected chi connectivity index (χ4v) is 9.06. The Kier molecular flexibility index (Phi) is 18.1. The van der Waals surface area contributed by atoms with E-state index in [0.717, 1.165) is 74.4 Å². The lowest BCUT2D eigenvalue weighted by atomic mass is 10.0. The first-order valence-corrected chi connectivity index (χ1v) is 19.1. The van der Waals surface area contributed by atoms with E-state index in [9.17, 15) is 19.2 Å². The summed E-state index contributed by atoms with van der Waals surface area (Å²) in [7, 11) is 3.70. The van der Waals surface area contributed by atoms with Crippen molar-refractivity contribution >= 4 is 68.6 Å². The van der Waals surface area contributed by atoms with Crippen LogP contribution in [0.4, 0.5) is 0 Å². The first-order valence-electron chi connectivity index (χ1n) is 14.5. The Bertz CT molecular complexity index is 1030. The topological polar surface area (TPSA) is 109 Å². The van der Waals surface area contributed by atoms with Gasteiger partial charge >= 0.3 is 11.9 Å². The molecule has 2 aromatic rings. The Hall–Kier alpha value is -1.88. The second-order valence-corrected chi connectivity index (χ2v) is 15.2. The number of ketones is 2. The summed E-state index contributed by atoms with van der Waals surface area (Å²) in [6.07, 6.45) is 7.72. The predicted octanol–water partition coefficient (Wildman–Crippen LogP) is 8.89. The molecule has 0 amide bonds. The van der Waals surface area contributed by atoms with E-state index >= 15 is 0 Å². The van der Waals surface area contributed by atoms with E-state index < -0.39 is 11.9 Å². The molecule has 0 aromatic heterocycles. The van der Waals surface area contributed by atoms with Crippen LogP contribution >= 0.6 is 45.1 Å². The van der Waals surface area contributed by atoms with Crippen LogP contribution in [0.3, 0.4) is 0 Å². The molecule has 0 saturated carbocycles. The molecular formula is C32H42O6S4. The van der Waals surface area contributed by atoms with Crippen molar-refractivity contribution in [3.63, 3.8) is 0 Å². The summed E-state index contributed by atoms with van der Waals surface area (Å²) in [5.74, 6) is 2.02. The Balaban J connectivity index is 1.67. The third-order valence-corrected chi connectivity index (χ3v) is 11.9. The molecule has 230 valence electrons. The van der Waals surface area contributed by atoms with E-state index in [-0.39, 0.29) is 33.2 Å². The van der Waals surface area contributed by atoms with Crippen LogP contribution in [0.25, 0.3) is 0 Å². The number of carbonyl (C=O) groups excluding carboxylic acids is 2. The normalized spacial score (nSPS) is 12.5. The number of benzene rings is 2. The molecule has 2 unspecified atom stereocenters. The standard InChI is InChI=1S/C32H42O6S4/c1-3-5-9-27(29(33)23-11-15-25(16-12-23)31(35)36)39-19-7-21-41-42-22-8-20-40-28(10-6-4-2)30(34)24-13-17-26(18-14-24)32(37)38/h11-18,27-28H,3-10,19-22H2,1-2H3,(H,35,36)(H,37,38). The van der Waals surface area contributed by atoms with E-state index in [2.05, 4.69) is 13.8 Å². The van der Waals surface area contributed by atoms with Crippen LogP contribution in [-0.2, 0) is 0 Å². The molecule has 2 atom stereocenters. The van der Waals surface area contributed by atoms with Gasteiger partial charge in [0.15, 0.2) is 11.6 Å².